The molecule has 0 unspecified atom stereocenters. The molecule has 0 spiro atoms. The molecule has 0 aliphatic heterocycles. The first-order valence-electron chi connectivity index (χ1n) is 11.1. The fourth-order valence-corrected chi connectivity index (χ4v) is 4.10. The number of halogens is 4. The van der Waals surface area contributed by atoms with Gasteiger partial charge in [-0.05, 0) is 59.0 Å². The van der Waals surface area contributed by atoms with Gasteiger partial charge >= 0.3 is 15.6 Å². The average molecular weight is 551 g/mol. The molecule has 0 aliphatic rings. The van der Waals surface area contributed by atoms with Gasteiger partial charge in [-0.1, -0.05) is 30.3 Å². The van der Waals surface area contributed by atoms with Gasteiger partial charge in [-0.25, -0.2) is 4.39 Å². The molecule has 1 heterocycles. The quantitative estimate of drug-likeness (QED) is 0.148. The molecule has 38 heavy (non-hydrogen) atoms. The molecule has 0 bridgehead atoms. The van der Waals surface area contributed by atoms with Crippen LogP contribution in [0.2, 0.25) is 0 Å². The highest BCUT2D eigenvalue weighted by Gasteiger charge is 2.49. The van der Waals surface area contributed by atoms with Gasteiger partial charge in [0.25, 0.3) is 0 Å². The van der Waals surface area contributed by atoms with E-state index in [0.29, 0.717) is 11.5 Å². The van der Waals surface area contributed by atoms with Crippen LogP contribution in [-0.2, 0) is 23.2 Å². The molecular weight excluding hydrogens is 528 g/mol. The molecule has 7 nitrogen and oxygen atoms in total. The minimum Gasteiger partial charge on any atom is -0.497 e. The highest BCUT2D eigenvalue weighted by molar-refractivity contribution is 7.88. The summed E-state index contributed by atoms with van der Waals surface area (Å²) in [5.74, 6) is -0.301. The second-order valence-electron chi connectivity index (χ2n) is 8.19. The van der Waals surface area contributed by atoms with Gasteiger partial charge in [0, 0.05) is 18.5 Å². The normalized spacial score (nSPS) is 11.8. The maximum Gasteiger partial charge on any atom is 0.534 e. The van der Waals surface area contributed by atoms with Crippen molar-refractivity contribution < 1.29 is 39.6 Å². The van der Waals surface area contributed by atoms with Crippen LogP contribution in [0.4, 0.5) is 23.4 Å². The number of nitrogens with zero attached hydrogens (tertiary/aromatic N) is 2. The summed E-state index contributed by atoms with van der Waals surface area (Å²) < 4.78 is 91.7. The van der Waals surface area contributed by atoms with Gasteiger partial charge in [0.2, 0.25) is 5.88 Å². The zero-order valence-electron chi connectivity index (χ0n) is 20.2. The van der Waals surface area contributed by atoms with Crippen LogP contribution in [0.25, 0.3) is 10.8 Å². The Hall–Kier alpha value is -4.06. The second-order valence-corrected chi connectivity index (χ2v) is 9.72. The molecule has 0 N–H and O–H groups in total. The molecule has 4 aromatic rings. The number of rotatable bonds is 9. The topological polar surface area (TPSA) is 78.0 Å². The Morgan fingerprint density at radius 1 is 0.816 bits per heavy atom. The molecule has 3 aromatic carbocycles. The molecule has 0 radical (unpaired) electrons. The molecule has 0 amide bonds. The van der Waals surface area contributed by atoms with Crippen molar-refractivity contribution in [1.29, 1.82) is 0 Å². The number of anilines is 1. The summed E-state index contributed by atoms with van der Waals surface area (Å²) in [5.41, 5.74) is -4.08. The van der Waals surface area contributed by atoms with Crippen molar-refractivity contribution in [2.24, 2.45) is 0 Å². The summed E-state index contributed by atoms with van der Waals surface area (Å²) in [6.07, 6.45) is 0. The number of pyridine rings is 1. The number of aromatic nitrogens is 1. The lowest BCUT2D eigenvalue weighted by Gasteiger charge is -2.25. The number of hydrogen-bond donors (Lipinski definition) is 0. The lowest BCUT2D eigenvalue weighted by molar-refractivity contribution is -0.0500. The van der Waals surface area contributed by atoms with Crippen LogP contribution in [0.15, 0.2) is 72.8 Å². The van der Waals surface area contributed by atoms with E-state index in [1.807, 2.05) is 24.3 Å². The fraction of sp³-hybridized carbons (Fsp3) is 0.192. The van der Waals surface area contributed by atoms with Gasteiger partial charge in [0.05, 0.1) is 14.2 Å². The van der Waals surface area contributed by atoms with Crippen LogP contribution < -0.4 is 18.6 Å². The Bertz CT molecular complexity index is 1480. The third kappa shape index (κ3) is 6.08. The Balaban J connectivity index is 1.82. The van der Waals surface area contributed by atoms with Crippen LogP contribution in [0.5, 0.6) is 17.4 Å². The van der Waals surface area contributed by atoms with Crippen LogP contribution >= 0.6 is 0 Å². The van der Waals surface area contributed by atoms with Crippen molar-refractivity contribution >= 4 is 26.7 Å². The van der Waals surface area contributed by atoms with E-state index < -0.39 is 27.3 Å². The summed E-state index contributed by atoms with van der Waals surface area (Å²) in [6.45, 7) is 0.475. The zero-order chi connectivity index (χ0) is 27.5. The van der Waals surface area contributed by atoms with Crippen LogP contribution in [-0.4, -0.2) is 33.1 Å². The Labute approximate surface area is 216 Å². The first-order chi connectivity index (χ1) is 18.0. The summed E-state index contributed by atoms with van der Waals surface area (Å²) in [6, 6.07) is 19.0. The number of alkyl halides is 3. The summed E-state index contributed by atoms with van der Waals surface area (Å²) in [7, 11) is -3.00. The summed E-state index contributed by atoms with van der Waals surface area (Å²) in [4.78, 5) is 5.83. The van der Waals surface area contributed by atoms with Gasteiger partial charge in [-0.2, -0.15) is 26.6 Å². The maximum absolute atomic E-state index is 14.0. The molecule has 0 saturated heterocycles. The van der Waals surface area contributed by atoms with Gasteiger partial charge < -0.3 is 18.6 Å². The number of benzene rings is 3. The third-order valence-electron chi connectivity index (χ3n) is 5.61. The largest absolute Gasteiger partial charge is 0.534 e. The standard InChI is InChI=1S/C26H22F4N2O5S/c1-35-21-9-3-17(4-10-21)15-32(16-18-5-11-22(36-2)12-6-18)24-13-19-7-8-20(27)14-23(19)25(31-24)37-38(33,34)26(28,29)30/h3-14H,15-16H2,1-2H3. The van der Waals surface area contributed by atoms with Crippen LogP contribution in [0.1, 0.15) is 11.1 Å². The highest BCUT2D eigenvalue weighted by atomic mass is 32.2. The van der Waals surface area contributed by atoms with Gasteiger partial charge in [0.1, 0.15) is 23.1 Å². The van der Waals surface area contributed by atoms with Crippen molar-refractivity contribution in [3.8, 4) is 17.4 Å². The van der Waals surface area contributed by atoms with Gasteiger partial charge in [0.15, 0.2) is 0 Å². The van der Waals surface area contributed by atoms with Crippen LogP contribution in [0, 0.1) is 5.82 Å². The highest BCUT2D eigenvalue weighted by Crippen LogP contribution is 2.34. The van der Waals surface area contributed by atoms with Crippen LogP contribution in [0.3, 0.4) is 0 Å². The SMILES string of the molecule is COc1ccc(CN(Cc2ccc(OC)cc2)c2cc3ccc(F)cc3c(OS(=O)(=O)C(F)(F)F)n2)cc1. The van der Waals surface area contributed by atoms with Crippen molar-refractivity contribution in [3.63, 3.8) is 0 Å². The Morgan fingerprint density at radius 2 is 1.34 bits per heavy atom. The lowest BCUT2D eigenvalue weighted by Crippen LogP contribution is -2.29. The van der Waals surface area contributed by atoms with E-state index in [0.717, 1.165) is 23.3 Å². The van der Waals surface area contributed by atoms with Crippen molar-refractivity contribution in [1.82, 2.24) is 4.98 Å². The van der Waals surface area contributed by atoms with Gasteiger partial charge in [-0.3, -0.25) is 0 Å². The zero-order valence-corrected chi connectivity index (χ0v) is 21.0. The number of ether oxygens (including phenoxy) is 2. The second kappa shape index (κ2) is 10.7. The van der Waals surface area contributed by atoms with E-state index in [1.54, 1.807) is 29.2 Å². The molecule has 0 aliphatic carbocycles. The summed E-state index contributed by atoms with van der Waals surface area (Å²) >= 11 is 0. The minimum absolute atomic E-state index is 0.114. The summed E-state index contributed by atoms with van der Waals surface area (Å²) in [5, 5.41) is 0.00802. The Morgan fingerprint density at radius 3 is 1.82 bits per heavy atom. The first-order valence-corrected chi connectivity index (χ1v) is 12.5. The molecule has 4 rings (SSSR count). The van der Waals surface area contributed by atoms with E-state index in [9.17, 15) is 26.0 Å². The molecular formula is C26H22F4N2O5S. The maximum atomic E-state index is 14.0. The molecule has 0 fully saturated rings. The Kier molecular flexibility index (Phi) is 7.63. The molecule has 0 atom stereocenters. The van der Waals surface area contributed by atoms with E-state index >= 15 is 0 Å². The molecule has 1 aromatic heterocycles. The smallest absolute Gasteiger partial charge is 0.497 e. The minimum atomic E-state index is -6.06. The van der Waals surface area contributed by atoms with Crippen molar-refractivity contribution in [2.45, 2.75) is 18.6 Å². The molecule has 12 heteroatoms. The molecule has 0 saturated carbocycles. The predicted octanol–water partition coefficient (Wildman–Crippen LogP) is 5.83. The van der Waals surface area contributed by atoms with E-state index in [-0.39, 0.29) is 29.7 Å². The molecule has 200 valence electrons. The number of hydrogen-bond acceptors (Lipinski definition) is 7. The van der Waals surface area contributed by atoms with Crippen molar-refractivity contribution in [2.75, 3.05) is 19.1 Å². The van der Waals surface area contributed by atoms with Gasteiger partial charge in [-0.15, -0.1) is 0 Å². The van der Waals surface area contributed by atoms with Crippen molar-refractivity contribution in [3.05, 3.63) is 89.7 Å². The monoisotopic (exact) mass is 550 g/mol. The number of methoxy groups -OCH3 is 2. The van der Waals surface area contributed by atoms with E-state index in [1.165, 1.54) is 26.4 Å². The third-order valence-corrected chi connectivity index (χ3v) is 6.55. The first kappa shape index (κ1) is 27.0. The fourth-order valence-electron chi connectivity index (χ4n) is 3.67. The number of fused-ring (bicyclic) bond motifs is 1. The lowest BCUT2D eigenvalue weighted by atomic mass is 10.1. The van der Waals surface area contributed by atoms with E-state index in [4.69, 9.17) is 9.47 Å². The van der Waals surface area contributed by atoms with E-state index in [2.05, 4.69) is 9.17 Å². The predicted molar refractivity (Wildman–Crippen MR) is 133 cm³/mol. The average Bonchev–Trinajstić information content (AvgIpc) is 2.88.